The molecule has 8 nitrogen and oxygen atoms in total. The zero-order chi connectivity index (χ0) is 24.0. The van der Waals surface area contributed by atoms with E-state index >= 15 is 0 Å². The Balaban J connectivity index is 3.19. The van der Waals surface area contributed by atoms with Crippen LogP contribution in [0.5, 0.6) is 0 Å². The number of rotatable bonds is 9. The van der Waals surface area contributed by atoms with Crippen LogP contribution in [0, 0.1) is 5.41 Å². The lowest BCUT2D eigenvalue weighted by Crippen LogP contribution is -2.57. The molecule has 176 valence electrons. The van der Waals surface area contributed by atoms with Gasteiger partial charge in [0, 0.05) is 24.6 Å². The maximum atomic E-state index is 13.5. The van der Waals surface area contributed by atoms with Gasteiger partial charge in [0.05, 0.1) is 12.6 Å². The van der Waals surface area contributed by atoms with Crippen molar-refractivity contribution in [2.24, 2.45) is 5.41 Å². The number of hydrogen-bond donors (Lipinski definition) is 3. The van der Waals surface area contributed by atoms with Gasteiger partial charge in [-0.2, -0.15) is 0 Å². The summed E-state index contributed by atoms with van der Waals surface area (Å²) in [5.74, 6) is -1.34. The van der Waals surface area contributed by atoms with E-state index in [0.29, 0.717) is 12.1 Å². The normalized spacial score (nSPS) is 20.5. The SMILES string of the molecule is C=C(NC(C)(C)/C=C\CC)[C@@H]1C[C@@H](OC(C)=O)CN1C(=O)[C@@H](NC(=O)CO)C(C)(C)C. The molecule has 0 aromatic carbocycles. The van der Waals surface area contributed by atoms with E-state index in [1.165, 1.54) is 6.92 Å². The Labute approximate surface area is 186 Å². The van der Waals surface area contributed by atoms with Gasteiger partial charge < -0.3 is 25.4 Å². The molecule has 3 atom stereocenters. The van der Waals surface area contributed by atoms with E-state index < -0.39 is 42.1 Å². The predicted octanol–water partition coefficient (Wildman–Crippen LogP) is 1.89. The second kappa shape index (κ2) is 10.8. The molecule has 1 heterocycles. The highest BCUT2D eigenvalue weighted by atomic mass is 16.5. The third-order valence-corrected chi connectivity index (χ3v) is 5.10. The number of aliphatic hydroxyl groups is 1. The summed E-state index contributed by atoms with van der Waals surface area (Å²) in [6.07, 6.45) is 4.95. The third-order valence-electron chi connectivity index (χ3n) is 5.10. The minimum atomic E-state index is -0.855. The molecule has 0 saturated carbocycles. The molecule has 0 aromatic rings. The number of ether oxygens (including phenoxy) is 1. The summed E-state index contributed by atoms with van der Waals surface area (Å²) in [7, 11) is 0. The molecule has 2 amide bonds. The largest absolute Gasteiger partial charge is 0.461 e. The number of nitrogens with one attached hydrogen (secondary N) is 2. The van der Waals surface area contributed by atoms with Crippen LogP contribution >= 0.6 is 0 Å². The summed E-state index contributed by atoms with van der Waals surface area (Å²) >= 11 is 0. The first kappa shape index (κ1) is 26.7. The molecule has 0 radical (unpaired) electrons. The molecule has 1 saturated heterocycles. The van der Waals surface area contributed by atoms with Crippen LogP contribution in [0.4, 0.5) is 0 Å². The van der Waals surface area contributed by atoms with Crippen molar-refractivity contribution < 1.29 is 24.2 Å². The van der Waals surface area contributed by atoms with Crippen molar-refractivity contribution in [2.45, 2.75) is 85.0 Å². The van der Waals surface area contributed by atoms with Crippen LogP contribution in [0.25, 0.3) is 0 Å². The monoisotopic (exact) mass is 437 g/mol. The Hall–Kier alpha value is -2.35. The van der Waals surface area contributed by atoms with E-state index in [9.17, 15) is 14.4 Å². The Morgan fingerprint density at radius 3 is 2.35 bits per heavy atom. The van der Waals surface area contributed by atoms with Gasteiger partial charge in [-0.05, 0) is 25.7 Å². The van der Waals surface area contributed by atoms with Crippen LogP contribution in [0.3, 0.4) is 0 Å². The van der Waals surface area contributed by atoms with Crippen LogP contribution in [-0.2, 0) is 19.1 Å². The third kappa shape index (κ3) is 8.01. The molecule has 0 unspecified atom stereocenters. The smallest absolute Gasteiger partial charge is 0.302 e. The zero-order valence-corrected chi connectivity index (χ0v) is 19.9. The molecule has 1 rings (SSSR count). The van der Waals surface area contributed by atoms with Gasteiger partial charge >= 0.3 is 5.97 Å². The Kier molecular flexibility index (Phi) is 9.29. The fourth-order valence-electron chi connectivity index (χ4n) is 3.66. The number of hydrogen-bond acceptors (Lipinski definition) is 6. The van der Waals surface area contributed by atoms with Gasteiger partial charge in [-0.3, -0.25) is 14.4 Å². The van der Waals surface area contributed by atoms with Crippen LogP contribution in [0.2, 0.25) is 0 Å². The molecule has 0 aromatic heterocycles. The first-order valence-corrected chi connectivity index (χ1v) is 10.7. The lowest BCUT2D eigenvalue weighted by molar-refractivity contribution is -0.147. The van der Waals surface area contributed by atoms with Gasteiger partial charge in [0.1, 0.15) is 18.8 Å². The Morgan fingerprint density at radius 1 is 1.26 bits per heavy atom. The topological polar surface area (TPSA) is 108 Å². The van der Waals surface area contributed by atoms with E-state index in [-0.39, 0.29) is 18.0 Å². The van der Waals surface area contributed by atoms with Gasteiger partial charge in [0.25, 0.3) is 0 Å². The molecule has 3 N–H and O–H groups in total. The molecule has 31 heavy (non-hydrogen) atoms. The number of esters is 1. The number of amides is 2. The average molecular weight is 438 g/mol. The average Bonchev–Trinajstić information content (AvgIpc) is 3.05. The van der Waals surface area contributed by atoms with Crippen molar-refractivity contribution in [2.75, 3.05) is 13.2 Å². The number of likely N-dealkylation sites (tertiary alicyclic amines) is 1. The number of carbonyl (C=O) groups excluding carboxylic acids is 3. The zero-order valence-electron chi connectivity index (χ0n) is 19.9. The van der Waals surface area contributed by atoms with Gasteiger partial charge in [-0.15, -0.1) is 0 Å². The minimum Gasteiger partial charge on any atom is -0.461 e. The molecule has 1 aliphatic rings. The summed E-state index contributed by atoms with van der Waals surface area (Å²) in [6, 6.07) is -1.27. The minimum absolute atomic E-state index is 0.205. The second-order valence-corrected chi connectivity index (χ2v) is 9.68. The van der Waals surface area contributed by atoms with Crippen LogP contribution in [0.15, 0.2) is 24.4 Å². The van der Waals surface area contributed by atoms with Gasteiger partial charge in [0.2, 0.25) is 11.8 Å². The van der Waals surface area contributed by atoms with Crippen molar-refractivity contribution in [3.8, 4) is 0 Å². The molecular formula is C23H39N3O5. The highest BCUT2D eigenvalue weighted by Crippen LogP contribution is 2.30. The van der Waals surface area contributed by atoms with Crippen LogP contribution in [-0.4, -0.2) is 64.7 Å². The molecule has 8 heteroatoms. The fourth-order valence-corrected chi connectivity index (χ4v) is 3.66. The number of carbonyl (C=O) groups is 3. The lowest BCUT2D eigenvalue weighted by atomic mass is 9.85. The summed E-state index contributed by atoms with van der Waals surface area (Å²) in [4.78, 5) is 38.5. The molecule has 1 aliphatic heterocycles. The maximum Gasteiger partial charge on any atom is 0.302 e. The Bertz CT molecular complexity index is 708. The maximum absolute atomic E-state index is 13.5. The van der Waals surface area contributed by atoms with Gasteiger partial charge in [0.15, 0.2) is 0 Å². The van der Waals surface area contributed by atoms with Gasteiger partial charge in [-0.25, -0.2) is 0 Å². The highest BCUT2D eigenvalue weighted by molar-refractivity contribution is 5.89. The van der Waals surface area contributed by atoms with Gasteiger partial charge in [-0.1, -0.05) is 46.4 Å². The first-order valence-electron chi connectivity index (χ1n) is 10.7. The van der Waals surface area contributed by atoms with E-state index in [2.05, 4.69) is 30.2 Å². The van der Waals surface area contributed by atoms with Crippen molar-refractivity contribution in [1.82, 2.24) is 15.5 Å². The molecule has 0 spiro atoms. The van der Waals surface area contributed by atoms with E-state index in [1.54, 1.807) is 4.90 Å². The lowest BCUT2D eigenvalue weighted by Gasteiger charge is -2.37. The first-order chi connectivity index (χ1) is 14.2. The predicted molar refractivity (Wildman–Crippen MR) is 120 cm³/mol. The molecule has 0 bridgehead atoms. The van der Waals surface area contributed by atoms with Crippen LogP contribution < -0.4 is 10.6 Å². The number of aliphatic hydroxyl groups excluding tert-OH is 1. The van der Waals surface area contributed by atoms with Crippen molar-refractivity contribution in [3.63, 3.8) is 0 Å². The van der Waals surface area contributed by atoms with E-state index in [4.69, 9.17) is 9.84 Å². The number of nitrogens with zero attached hydrogens (tertiary/aromatic N) is 1. The van der Waals surface area contributed by atoms with Crippen molar-refractivity contribution in [1.29, 1.82) is 0 Å². The second-order valence-electron chi connectivity index (χ2n) is 9.68. The Morgan fingerprint density at radius 2 is 1.87 bits per heavy atom. The van der Waals surface area contributed by atoms with Crippen molar-refractivity contribution in [3.05, 3.63) is 24.4 Å². The van der Waals surface area contributed by atoms with Crippen molar-refractivity contribution >= 4 is 17.8 Å². The summed E-state index contributed by atoms with van der Waals surface area (Å²) in [5, 5.41) is 15.2. The van der Waals surface area contributed by atoms with E-state index in [1.807, 2.05) is 40.7 Å². The molecule has 1 fully saturated rings. The summed E-state index contributed by atoms with van der Waals surface area (Å²) < 4.78 is 5.39. The summed E-state index contributed by atoms with van der Waals surface area (Å²) in [6.45, 7) is 16.6. The van der Waals surface area contributed by atoms with Crippen LogP contribution in [0.1, 0.15) is 61.3 Å². The standard InChI is InChI=1S/C23H39N3O5/c1-9-10-11-23(7,8)25-15(2)18-12-17(31-16(3)28)13-26(18)21(30)20(22(4,5)6)24-19(29)14-27/h10-11,17-18,20,25,27H,2,9,12-14H2,1,3-8H3,(H,24,29)/b11-10-/t17-,18+,20-/m1/s1. The van der Waals surface area contributed by atoms with E-state index in [0.717, 1.165) is 6.42 Å². The highest BCUT2D eigenvalue weighted by Gasteiger charge is 2.44. The molecule has 0 aliphatic carbocycles. The summed E-state index contributed by atoms with van der Waals surface area (Å²) in [5.41, 5.74) is -0.338. The quantitative estimate of drug-likeness (QED) is 0.376. The number of allylic oxidation sites excluding steroid dienone is 1. The fraction of sp³-hybridized carbons (Fsp3) is 0.696. The molecular weight excluding hydrogens is 398 g/mol.